The van der Waals surface area contributed by atoms with Crippen molar-refractivity contribution in [3.63, 3.8) is 0 Å². The van der Waals surface area contributed by atoms with Gasteiger partial charge in [-0.3, -0.25) is 14.7 Å². The highest BCUT2D eigenvalue weighted by Gasteiger charge is 2.49. The van der Waals surface area contributed by atoms with E-state index in [2.05, 4.69) is 47.5 Å². The maximum absolute atomic E-state index is 15.2. The van der Waals surface area contributed by atoms with E-state index < -0.39 is 35.2 Å². The molecule has 2 aliphatic heterocycles. The number of nitrogens with one attached hydrogen (secondary N) is 3. The molecule has 3 heterocycles. The summed E-state index contributed by atoms with van der Waals surface area (Å²) in [4.78, 5) is 33.0. The van der Waals surface area contributed by atoms with Crippen molar-refractivity contribution in [3.8, 4) is 17.8 Å². The smallest absolute Gasteiger partial charge is 0.406 e. The van der Waals surface area contributed by atoms with E-state index in [4.69, 9.17) is 25.8 Å². The van der Waals surface area contributed by atoms with Crippen LogP contribution in [0.15, 0.2) is 9.27 Å². The fourth-order valence-electron chi connectivity index (χ4n) is 5.19. The number of rotatable bonds is 12. The van der Waals surface area contributed by atoms with Crippen LogP contribution in [0.1, 0.15) is 32.1 Å². The van der Waals surface area contributed by atoms with Gasteiger partial charge in [-0.2, -0.15) is 10.2 Å². The molecule has 2 aliphatic rings. The second kappa shape index (κ2) is 13.3. The number of ether oxygens (including phenoxy) is 3. The first-order valence-electron chi connectivity index (χ1n) is 12.9. The molecule has 0 aliphatic carbocycles. The number of halogens is 4. The average Bonchev–Trinajstić information content (AvgIpc) is 3.46. The van der Waals surface area contributed by atoms with Crippen LogP contribution in [-0.4, -0.2) is 85.2 Å². The Bertz CT molecular complexity index is 1340. The van der Waals surface area contributed by atoms with E-state index in [9.17, 15) is 19.2 Å². The number of nitrogens with zero attached hydrogens (tertiary/aromatic N) is 3. The molecule has 40 heavy (non-hydrogen) atoms. The molecular formula is C25H30BrClF2N6O5. The van der Waals surface area contributed by atoms with E-state index in [0.29, 0.717) is 25.9 Å². The van der Waals surface area contributed by atoms with Gasteiger partial charge in [-0.15, -0.1) is 0 Å². The van der Waals surface area contributed by atoms with E-state index in [1.54, 1.807) is 0 Å². The Hall–Kier alpha value is -2.73. The van der Waals surface area contributed by atoms with Crippen molar-refractivity contribution in [3.05, 3.63) is 25.7 Å². The van der Waals surface area contributed by atoms with Crippen molar-refractivity contribution >= 4 is 44.5 Å². The molecule has 3 atom stereocenters. The molecule has 1 amide bonds. The highest BCUT2D eigenvalue weighted by Crippen LogP contribution is 2.42. The summed E-state index contributed by atoms with van der Waals surface area (Å²) in [6.07, 6.45) is 1.08. The van der Waals surface area contributed by atoms with Crippen molar-refractivity contribution in [2.75, 3.05) is 46.5 Å². The summed E-state index contributed by atoms with van der Waals surface area (Å²) < 4.78 is 45.8. The normalized spacial score (nSPS) is 21.1. The summed E-state index contributed by atoms with van der Waals surface area (Å²) >= 11 is 9.46. The standard InChI is InChI=1S/C25H30BrClF2N6O5/c1-31-24(37)38-9-3-7-32-15(4-6-30)12-39-21-16-20(19(29)17(26)18(21)27)33-23(34-22(16)36)40-13-25-5-2-8-35(25)11-14(28)10-25/h14-15,32H,2-5,7-13H2,1H3,(H,31,37)(H,33,34,36)/t14-,15?,25+/m1/s1. The van der Waals surface area contributed by atoms with E-state index in [-0.39, 0.29) is 58.4 Å². The lowest BCUT2D eigenvalue weighted by molar-refractivity contribution is 0.107. The van der Waals surface area contributed by atoms with Crippen LogP contribution < -0.4 is 25.7 Å². The highest BCUT2D eigenvalue weighted by molar-refractivity contribution is 9.10. The SMILES string of the molecule is CNC(=O)OCCCNC(CC#N)COc1c(Cl)c(Br)c(F)c2nc(OC[C@@]34CCCN3C[C@H](F)C4)[nH]c(=O)c12. The first kappa shape index (κ1) is 30.2. The zero-order valence-electron chi connectivity index (χ0n) is 21.8. The number of hydrogen-bond acceptors (Lipinski definition) is 9. The van der Waals surface area contributed by atoms with E-state index >= 15 is 4.39 Å². The number of aromatic nitrogens is 2. The number of H-pyrrole nitrogens is 1. The van der Waals surface area contributed by atoms with Gasteiger partial charge < -0.3 is 24.8 Å². The Labute approximate surface area is 242 Å². The van der Waals surface area contributed by atoms with Crippen molar-refractivity contribution in [1.82, 2.24) is 25.5 Å². The molecule has 0 saturated carbocycles. The number of fused-ring (bicyclic) bond motifs is 2. The second-order valence-electron chi connectivity index (χ2n) is 9.79. The number of alkyl carbamates (subject to hydrolysis) is 1. The number of aromatic amines is 1. The van der Waals surface area contributed by atoms with E-state index in [1.165, 1.54) is 7.05 Å². The lowest BCUT2D eigenvalue weighted by Gasteiger charge is -2.30. The van der Waals surface area contributed by atoms with Crippen LogP contribution in [0.5, 0.6) is 11.8 Å². The van der Waals surface area contributed by atoms with Gasteiger partial charge in [0.1, 0.15) is 35.3 Å². The topological polar surface area (TPSA) is 142 Å². The van der Waals surface area contributed by atoms with Crippen molar-refractivity contribution in [2.45, 2.75) is 49.9 Å². The molecule has 2 saturated heterocycles. The summed E-state index contributed by atoms with van der Waals surface area (Å²) in [5.74, 6) is -0.967. The number of benzene rings is 1. The third-order valence-corrected chi connectivity index (χ3v) is 8.45. The molecule has 2 fully saturated rings. The van der Waals surface area contributed by atoms with Gasteiger partial charge in [0.15, 0.2) is 11.6 Å². The number of hydrogen-bond donors (Lipinski definition) is 3. The molecule has 218 valence electrons. The maximum atomic E-state index is 15.2. The summed E-state index contributed by atoms with van der Waals surface area (Å²) in [6.45, 7) is 1.75. The number of nitriles is 1. The minimum Gasteiger partial charge on any atom is -0.489 e. The molecule has 11 nitrogen and oxygen atoms in total. The average molecular weight is 648 g/mol. The summed E-state index contributed by atoms with van der Waals surface area (Å²) in [6, 6.07) is 1.40. The molecular weight excluding hydrogens is 618 g/mol. The first-order valence-corrected chi connectivity index (χ1v) is 14.1. The van der Waals surface area contributed by atoms with Crippen LogP contribution in [0.3, 0.4) is 0 Å². The molecule has 3 N–H and O–H groups in total. The summed E-state index contributed by atoms with van der Waals surface area (Å²) in [5, 5.41) is 14.3. The summed E-state index contributed by atoms with van der Waals surface area (Å²) in [5.41, 5.74) is -1.51. The Morgan fingerprint density at radius 2 is 2.25 bits per heavy atom. The first-order chi connectivity index (χ1) is 19.2. The van der Waals surface area contributed by atoms with Gasteiger partial charge in [0.05, 0.1) is 35.2 Å². The minimum atomic E-state index is -0.946. The predicted octanol–water partition coefficient (Wildman–Crippen LogP) is 3.43. The second-order valence-corrected chi connectivity index (χ2v) is 11.0. The van der Waals surface area contributed by atoms with Gasteiger partial charge in [-0.05, 0) is 48.3 Å². The van der Waals surface area contributed by atoms with Gasteiger partial charge in [0.2, 0.25) is 0 Å². The van der Waals surface area contributed by atoms with E-state index in [0.717, 1.165) is 19.4 Å². The largest absolute Gasteiger partial charge is 0.489 e. The minimum absolute atomic E-state index is 0.0688. The Kier molecular flexibility index (Phi) is 10.0. The Balaban J connectivity index is 1.50. The zero-order valence-corrected chi connectivity index (χ0v) is 24.2. The zero-order chi connectivity index (χ0) is 28.9. The van der Waals surface area contributed by atoms with Crippen LogP contribution in [0.2, 0.25) is 5.02 Å². The fourth-order valence-corrected chi connectivity index (χ4v) is 5.79. The Morgan fingerprint density at radius 1 is 1.45 bits per heavy atom. The molecule has 15 heteroatoms. The van der Waals surface area contributed by atoms with Crippen LogP contribution in [-0.2, 0) is 4.74 Å². The Morgan fingerprint density at radius 3 is 3.00 bits per heavy atom. The lowest BCUT2D eigenvalue weighted by Crippen LogP contribution is -2.43. The van der Waals surface area contributed by atoms with Crippen molar-refractivity contribution < 1.29 is 27.8 Å². The molecule has 1 unspecified atom stereocenters. The van der Waals surface area contributed by atoms with Crippen molar-refractivity contribution in [1.29, 1.82) is 5.26 Å². The van der Waals surface area contributed by atoms with Gasteiger partial charge in [-0.25, -0.2) is 13.6 Å². The molecule has 1 aromatic heterocycles. The maximum Gasteiger partial charge on any atom is 0.406 e. The quantitative estimate of drug-likeness (QED) is 0.233. The molecule has 2 aromatic rings. The number of alkyl halides is 1. The van der Waals surface area contributed by atoms with Crippen LogP contribution >= 0.6 is 27.5 Å². The van der Waals surface area contributed by atoms with E-state index in [1.807, 2.05) is 0 Å². The molecule has 4 rings (SSSR count). The molecule has 0 bridgehead atoms. The predicted molar refractivity (Wildman–Crippen MR) is 146 cm³/mol. The lowest BCUT2D eigenvalue weighted by atomic mass is 9.95. The van der Waals surface area contributed by atoms with Crippen LogP contribution in [0.4, 0.5) is 13.6 Å². The highest BCUT2D eigenvalue weighted by atomic mass is 79.9. The van der Waals surface area contributed by atoms with Crippen LogP contribution in [0, 0.1) is 17.1 Å². The number of carbonyl (C=O) groups excluding carboxylic acids is 1. The third-order valence-electron chi connectivity index (χ3n) is 7.11. The van der Waals surface area contributed by atoms with Gasteiger partial charge in [0.25, 0.3) is 11.6 Å². The third kappa shape index (κ3) is 6.59. The summed E-state index contributed by atoms with van der Waals surface area (Å²) in [7, 11) is 1.46. The molecule has 1 aromatic carbocycles. The van der Waals surface area contributed by atoms with Gasteiger partial charge in [-0.1, -0.05) is 11.6 Å². The van der Waals surface area contributed by atoms with Gasteiger partial charge >= 0.3 is 6.09 Å². The van der Waals surface area contributed by atoms with Crippen molar-refractivity contribution in [2.24, 2.45) is 0 Å². The monoisotopic (exact) mass is 646 g/mol. The molecule has 0 radical (unpaired) electrons. The number of amides is 1. The molecule has 0 spiro atoms. The fraction of sp³-hybridized carbons (Fsp3) is 0.600. The van der Waals surface area contributed by atoms with Gasteiger partial charge in [0, 0.05) is 20.0 Å². The number of carbonyl (C=O) groups is 1. The van der Waals surface area contributed by atoms with Crippen LogP contribution in [0.25, 0.3) is 10.9 Å².